The maximum absolute atomic E-state index is 12.9. The van der Waals surface area contributed by atoms with E-state index in [0.717, 1.165) is 5.56 Å². The normalized spacial score (nSPS) is 18.2. The van der Waals surface area contributed by atoms with Gasteiger partial charge in [0, 0.05) is 36.1 Å². The number of aliphatic hydroxyl groups is 1. The van der Waals surface area contributed by atoms with Gasteiger partial charge in [0.25, 0.3) is 11.7 Å². The molecule has 7 heteroatoms. The average molecular weight is 422 g/mol. The highest BCUT2D eigenvalue weighted by Crippen LogP contribution is 2.39. The van der Waals surface area contributed by atoms with Crippen molar-refractivity contribution >= 4 is 29.1 Å². The van der Waals surface area contributed by atoms with Crippen molar-refractivity contribution in [2.45, 2.75) is 19.0 Å². The van der Waals surface area contributed by atoms with Crippen LogP contribution in [0.4, 0.5) is 0 Å². The molecule has 1 aliphatic rings. The van der Waals surface area contributed by atoms with Crippen LogP contribution in [0.2, 0.25) is 5.02 Å². The molecule has 0 aliphatic carbocycles. The zero-order valence-corrected chi connectivity index (χ0v) is 16.9. The van der Waals surface area contributed by atoms with E-state index in [1.165, 1.54) is 4.90 Å². The number of halogens is 1. The van der Waals surface area contributed by atoms with Crippen LogP contribution in [-0.4, -0.2) is 37.8 Å². The number of hydrogen-bond donors (Lipinski definition) is 1. The Balaban J connectivity index is 1.72. The Morgan fingerprint density at radius 3 is 2.43 bits per heavy atom. The molecule has 0 bridgehead atoms. The van der Waals surface area contributed by atoms with Crippen molar-refractivity contribution in [2.24, 2.45) is 0 Å². The third-order valence-electron chi connectivity index (χ3n) is 5.15. The second-order valence-corrected chi connectivity index (χ2v) is 7.50. The number of aromatic nitrogens is 2. The van der Waals surface area contributed by atoms with Crippen LogP contribution in [0.5, 0.6) is 0 Å². The van der Waals surface area contributed by atoms with Crippen molar-refractivity contribution in [1.29, 1.82) is 0 Å². The van der Waals surface area contributed by atoms with Crippen LogP contribution < -0.4 is 0 Å². The fraction of sp³-hybridized carbons (Fsp3) is 0.174. The Kier molecular flexibility index (Phi) is 5.68. The third kappa shape index (κ3) is 3.86. The molecule has 1 unspecified atom stereocenters. The number of hydrogen-bond acceptors (Lipinski definition) is 4. The van der Waals surface area contributed by atoms with Gasteiger partial charge in [0.2, 0.25) is 0 Å². The summed E-state index contributed by atoms with van der Waals surface area (Å²) in [7, 11) is 0. The highest BCUT2D eigenvalue weighted by molar-refractivity contribution is 6.46. The summed E-state index contributed by atoms with van der Waals surface area (Å²) in [5.41, 5.74) is 1.31. The van der Waals surface area contributed by atoms with E-state index in [2.05, 4.69) is 4.98 Å². The van der Waals surface area contributed by atoms with E-state index < -0.39 is 17.7 Å². The Labute approximate surface area is 179 Å². The van der Waals surface area contributed by atoms with Crippen molar-refractivity contribution in [2.75, 3.05) is 6.54 Å². The van der Waals surface area contributed by atoms with Gasteiger partial charge < -0.3 is 14.6 Å². The van der Waals surface area contributed by atoms with Gasteiger partial charge in [-0.25, -0.2) is 4.98 Å². The fourth-order valence-electron chi connectivity index (χ4n) is 3.70. The molecule has 30 heavy (non-hydrogen) atoms. The number of aliphatic hydroxyl groups excluding tert-OH is 1. The van der Waals surface area contributed by atoms with Gasteiger partial charge in [-0.15, -0.1) is 0 Å². The second kappa shape index (κ2) is 8.55. The maximum atomic E-state index is 12.9. The van der Waals surface area contributed by atoms with Crippen molar-refractivity contribution < 1.29 is 14.7 Å². The van der Waals surface area contributed by atoms with Crippen molar-refractivity contribution in [3.63, 3.8) is 0 Å². The summed E-state index contributed by atoms with van der Waals surface area (Å²) in [4.78, 5) is 31.3. The zero-order valence-electron chi connectivity index (χ0n) is 16.1. The molecule has 2 aromatic carbocycles. The van der Waals surface area contributed by atoms with E-state index >= 15 is 0 Å². The van der Waals surface area contributed by atoms with Crippen LogP contribution in [0.15, 0.2) is 78.9 Å². The number of imidazole rings is 1. The maximum Gasteiger partial charge on any atom is 0.295 e. The molecular weight excluding hydrogens is 402 g/mol. The van der Waals surface area contributed by atoms with Gasteiger partial charge in [0.15, 0.2) is 0 Å². The minimum Gasteiger partial charge on any atom is -0.507 e. The SMILES string of the molecule is O=C1C(=O)N(CCCn2ccnc2)C(c2ccc(Cl)cc2)/C1=C(/O)c1ccccc1. The van der Waals surface area contributed by atoms with E-state index in [1.807, 2.05) is 16.8 Å². The molecule has 1 atom stereocenters. The van der Waals surface area contributed by atoms with E-state index in [0.29, 0.717) is 30.1 Å². The van der Waals surface area contributed by atoms with Gasteiger partial charge in [-0.1, -0.05) is 54.1 Å². The van der Waals surface area contributed by atoms with E-state index in [4.69, 9.17) is 11.6 Å². The summed E-state index contributed by atoms with van der Waals surface area (Å²) < 4.78 is 1.91. The molecule has 1 fully saturated rings. The Morgan fingerprint density at radius 1 is 1.03 bits per heavy atom. The topological polar surface area (TPSA) is 75.4 Å². The summed E-state index contributed by atoms with van der Waals surface area (Å²) in [5, 5.41) is 11.5. The van der Waals surface area contributed by atoms with Crippen molar-refractivity contribution in [3.8, 4) is 0 Å². The smallest absolute Gasteiger partial charge is 0.295 e. The molecule has 1 N–H and O–H groups in total. The molecule has 1 amide bonds. The molecule has 152 valence electrons. The van der Waals surface area contributed by atoms with Gasteiger partial charge >= 0.3 is 0 Å². The standard InChI is InChI=1S/C23H20ClN3O3/c24-18-9-7-16(8-10-18)20-19(21(28)17-5-2-1-3-6-17)22(29)23(30)27(20)13-4-12-26-14-11-25-15-26/h1-3,5-11,14-15,20,28H,4,12-13H2/b21-19-. The van der Waals surface area contributed by atoms with Crippen LogP contribution in [0, 0.1) is 0 Å². The number of ketones is 1. The first-order valence-electron chi connectivity index (χ1n) is 9.61. The monoisotopic (exact) mass is 421 g/mol. The molecule has 2 heterocycles. The fourth-order valence-corrected chi connectivity index (χ4v) is 3.82. The minimum atomic E-state index is -0.682. The van der Waals surface area contributed by atoms with E-state index in [1.54, 1.807) is 61.1 Å². The van der Waals surface area contributed by atoms with Crippen molar-refractivity contribution in [3.05, 3.63) is 95.0 Å². The van der Waals surface area contributed by atoms with Crippen LogP contribution in [0.25, 0.3) is 5.76 Å². The van der Waals surface area contributed by atoms with Crippen LogP contribution in [0.3, 0.4) is 0 Å². The molecule has 6 nitrogen and oxygen atoms in total. The minimum absolute atomic E-state index is 0.0937. The average Bonchev–Trinajstić information content (AvgIpc) is 3.37. The van der Waals surface area contributed by atoms with Crippen LogP contribution in [-0.2, 0) is 16.1 Å². The highest BCUT2D eigenvalue weighted by Gasteiger charge is 2.45. The largest absolute Gasteiger partial charge is 0.507 e. The van der Waals surface area contributed by atoms with E-state index in [9.17, 15) is 14.7 Å². The molecule has 0 spiro atoms. The molecule has 4 rings (SSSR count). The lowest BCUT2D eigenvalue weighted by atomic mass is 9.95. The lowest BCUT2D eigenvalue weighted by molar-refractivity contribution is -0.139. The molecule has 0 radical (unpaired) electrons. The van der Waals surface area contributed by atoms with E-state index in [-0.39, 0.29) is 11.3 Å². The van der Waals surface area contributed by atoms with Gasteiger partial charge in [-0.05, 0) is 24.1 Å². The third-order valence-corrected chi connectivity index (χ3v) is 5.40. The van der Waals surface area contributed by atoms with Gasteiger partial charge in [-0.2, -0.15) is 0 Å². The number of Topliss-reactive ketones (excluding diaryl/α,β-unsaturated/α-hetero) is 1. The molecule has 1 aromatic heterocycles. The summed E-state index contributed by atoms with van der Waals surface area (Å²) in [6.07, 6.45) is 5.89. The summed E-state index contributed by atoms with van der Waals surface area (Å²) >= 11 is 6.03. The molecule has 0 saturated carbocycles. The summed E-state index contributed by atoms with van der Waals surface area (Å²) in [6, 6.07) is 15.1. The Hall–Kier alpha value is -3.38. The molecule has 1 aliphatic heterocycles. The first-order valence-corrected chi connectivity index (χ1v) is 9.99. The molecular formula is C23H20ClN3O3. The zero-order chi connectivity index (χ0) is 21.1. The number of carbonyl (C=O) groups is 2. The number of nitrogens with zero attached hydrogens (tertiary/aromatic N) is 3. The van der Waals surface area contributed by atoms with Crippen LogP contribution in [0.1, 0.15) is 23.6 Å². The number of likely N-dealkylation sites (tertiary alicyclic amines) is 1. The predicted molar refractivity (Wildman–Crippen MR) is 114 cm³/mol. The predicted octanol–water partition coefficient (Wildman–Crippen LogP) is 4.05. The number of amides is 1. The lowest BCUT2D eigenvalue weighted by Crippen LogP contribution is -2.31. The number of aryl methyl sites for hydroxylation is 1. The van der Waals surface area contributed by atoms with Gasteiger partial charge in [0.1, 0.15) is 5.76 Å². The second-order valence-electron chi connectivity index (χ2n) is 7.06. The summed E-state index contributed by atoms with van der Waals surface area (Å²) in [5.74, 6) is -1.47. The Morgan fingerprint density at radius 2 is 1.77 bits per heavy atom. The Bertz CT molecular complexity index is 1080. The highest BCUT2D eigenvalue weighted by atomic mass is 35.5. The molecule has 3 aromatic rings. The first-order chi connectivity index (χ1) is 14.6. The van der Waals surface area contributed by atoms with Crippen molar-refractivity contribution in [1.82, 2.24) is 14.5 Å². The van der Waals surface area contributed by atoms with Crippen LogP contribution >= 0.6 is 11.6 Å². The van der Waals surface area contributed by atoms with Gasteiger partial charge in [0.05, 0.1) is 17.9 Å². The van der Waals surface area contributed by atoms with Gasteiger partial charge in [-0.3, -0.25) is 9.59 Å². The lowest BCUT2D eigenvalue weighted by Gasteiger charge is -2.25. The number of benzene rings is 2. The summed E-state index contributed by atoms with van der Waals surface area (Å²) in [6.45, 7) is 1.02. The number of carbonyl (C=O) groups excluding carboxylic acids is 2. The first kappa shape index (κ1) is 19.9. The number of rotatable bonds is 6. The molecule has 1 saturated heterocycles. The quantitative estimate of drug-likeness (QED) is 0.370.